The lowest BCUT2D eigenvalue weighted by Crippen LogP contribution is -2.42. The van der Waals surface area contributed by atoms with Gasteiger partial charge in [0.1, 0.15) is 0 Å². The molecule has 31 heavy (non-hydrogen) atoms. The van der Waals surface area contributed by atoms with Crippen molar-refractivity contribution in [3.8, 4) is 0 Å². The Bertz CT molecular complexity index is 1000. The number of fused-ring (bicyclic) bond motifs is 5. The van der Waals surface area contributed by atoms with E-state index in [9.17, 15) is 9.59 Å². The molecule has 1 heterocycles. The zero-order chi connectivity index (χ0) is 20.9. The van der Waals surface area contributed by atoms with Crippen LogP contribution in [0.25, 0.3) is 5.57 Å². The first kappa shape index (κ1) is 18.8. The molecule has 0 spiro atoms. The molecule has 2 aromatic carbocycles. The van der Waals surface area contributed by atoms with Gasteiger partial charge in [0.05, 0.1) is 11.8 Å². The molecule has 4 atom stereocenters. The third kappa shape index (κ3) is 2.79. The van der Waals surface area contributed by atoms with Crippen LogP contribution in [-0.4, -0.2) is 22.8 Å². The Morgan fingerprint density at radius 2 is 1.16 bits per heavy atom. The molecule has 0 unspecified atom stereocenters. The van der Waals surface area contributed by atoms with Gasteiger partial charge in [-0.25, -0.2) is 0 Å². The zero-order valence-corrected chi connectivity index (χ0v) is 17.6. The van der Waals surface area contributed by atoms with Gasteiger partial charge in [-0.15, -0.1) is 0 Å². The SMILES string of the molecule is O=C1[C@@H]2[C@@H](C(=O)N1C1CCCCC1)[C@H]1C=C[C@H]2C1=C(c1ccccc1)c1ccccc1. The van der Waals surface area contributed by atoms with E-state index >= 15 is 0 Å². The van der Waals surface area contributed by atoms with Gasteiger partial charge in [-0.3, -0.25) is 14.5 Å². The van der Waals surface area contributed by atoms with E-state index in [2.05, 4.69) is 60.7 Å². The van der Waals surface area contributed by atoms with Gasteiger partial charge in [0.25, 0.3) is 0 Å². The second-order valence-electron chi connectivity index (χ2n) is 9.39. The highest BCUT2D eigenvalue weighted by molar-refractivity contribution is 6.08. The minimum atomic E-state index is -0.221. The third-order valence-electron chi connectivity index (χ3n) is 7.80. The molecule has 3 fully saturated rings. The van der Waals surface area contributed by atoms with Gasteiger partial charge in [0.2, 0.25) is 11.8 Å². The summed E-state index contributed by atoms with van der Waals surface area (Å²) in [6.07, 6.45) is 9.81. The maximum atomic E-state index is 13.6. The van der Waals surface area contributed by atoms with Crippen molar-refractivity contribution in [2.45, 2.75) is 38.1 Å². The Morgan fingerprint density at radius 3 is 1.65 bits per heavy atom. The fourth-order valence-electron chi connectivity index (χ4n) is 6.53. The third-order valence-corrected chi connectivity index (χ3v) is 7.80. The van der Waals surface area contributed by atoms with Gasteiger partial charge in [-0.1, -0.05) is 92.1 Å². The highest BCUT2D eigenvalue weighted by Gasteiger charge is 2.63. The molecule has 156 valence electrons. The molecule has 1 saturated heterocycles. The molecule has 0 radical (unpaired) electrons. The van der Waals surface area contributed by atoms with Crippen LogP contribution in [0.1, 0.15) is 43.2 Å². The van der Waals surface area contributed by atoms with E-state index in [0.717, 1.165) is 36.8 Å². The molecule has 4 aliphatic rings. The number of benzene rings is 2. The van der Waals surface area contributed by atoms with Crippen molar-refractivity contribution in [3.63, 3.8) is 0 Å². The number of allylic oxidation sites excluding steroid dienone is 3. The Morgan fingerprint density at radius 1 is 0.677 bits per heavy atom. The van der Waals surface area contributed by atoms with Crippen LogP contribution in [0.5, 0.6) is 0 Å². The number of hydrogen-bond donors (Lipinski definition) is 0. The maximum absolute atomic E-state index is 13.6. The van der Waals surface area contributed by atoms with Crippen LogP contribution in [-0.2, 0) is 9.59 Å². The van der Waals surface area contributed by atoms with E-state index in [1.54, 1.807) is 4.90 Å². The molecule has 3 aliphatic carbocycles. The average molecular weight is 410 g/mol. The normalized spacial score (nSPS) is 29.7. The Labute approximate surface area is 183 Å². The number of carbonyl (C=O) groups excluding carboxylic acids is 2. The van der Waals surface area contributed by atoms with Gasteiger partial charge in [-0.2, -0.15) is 0 Å². The Kier molecular flexibility index (Phi) is 4.45. The molecule has 2 bridgehead atoms. The summed E-state index contributed by atoms with van der Waals surface area (Å²) in [4.78, 5) is 28.8. The van der Waals surface area contributed by atoms with Crippen LogP contribution >= 0.6 is 0 Å². The maximum Gasteiger partial charge on any atom is 0.234 e. The lowest BCUT2D eigenvalue weighted by molar-refractivity contribution is -0.143. The highest BCUT2D eigenvalue weighted by Crippen LogP contribution is 2.59. The fourth-order valence-corrected chi connectivity index (χ4v) is 6.53. The molecule has 2 aromatic rings. The quantitative estimate of drug-likeness (QED) is 0.514. The van der Waals surface area contributed by atoms with Gasteiger partial charge in [0.15, 0.2) is 0 Å². The number of amides is 2. The molecule has 3 nitrogen and oxygen atoms in total. The number of hydrogen-bond acceptors (Lipinski definition) is 2. The molecule has 0 N–H and O–H groups in total. The van der Waals surface area contributed by atoms with E-state index in [0.29, 0.717) is 0 Å². The standard InChI is InChI=1S/C28H27NO2/c30-27-25-21-16-17-22(26(25)28(31)29(27)20-14-8-3-9-15-20)24(21)23(18-10-4-1-5-11-18)19-12-6-2-7-13-19/h1-2,4-7,10-13,16-17,20-22,25-26H,3,8-9,14-15H2/t21-,22-,25-,26-/m0/s1. The summed E-state index contributed by atoms with van der Waals surface area (Å²) in [5.41, 5.74) is 4.77. The van der Waals surface area contributed by atoms with Crippen molar-refractivity contribution < 1.29 is 9.59 Å². The molecule has 1 aliphatic heterocycles. The van der Waals surface area contributed by atoms with Gasteiger partial charge >= 0.3 is 0 Å². The minimum Gasteiger partial charge on any atom is -0.279 e. The van der Waals surface area contributed by atoms with E-state index in [4.69, 9.17) is 0 Å². The van der Waals surface area contributed by atoms with Gasteiger partial charge in [-0.05, 0) is 35.1 Å². The zero-order valence-electron chi connectivity index (χ0n) is 17.6. The van der Waals surface area contributed by atoms with E-state index in [1.807, 2.05) is 12.1 Å². The first-order chi connectivity index (χ1) is 15.3. The second kappa shape index (κ2) is 7.33. The summed E-state index contributed by atoms with van der Waals surface area (Å²) < 4.78 is 0. The van der Waals surface area contributed by atoms with Crippen LogP contribution < -0.4 is 0 Å². The summed E-state index contributed by atoms with van der Waals surface area (Å²) in [7, 11) is 0. The van der Waals surface area contributed by atoms with E-state index in [-0.39, 0.29) is 41.5 Å². The van der Waals surface area contributed by atoms with Gasteiger partial charge in [0, 0.05) is 17.9 Å². The summed E-state index contributed by atoms with van der Waals surface area (Å²) in [6.45, 7) is 0. The topological polar surface area (TPSA) is 37.4 Å². The lowest BCUT2D eigenvalue weighted by atomic mass is 9.85. The summed E-state index contributed by atoms with van der Waals surface area (Å²) in [5, 5.41) is 0. The number of likely N-dealkylation sites (tertiary alicyclic amines) is 1. The summed E-state index contributed by atoms with van der Waals surface area (Å²) in [5.74, 6) is -0.233. The van der Waals surface area contributed by atoms with Crippen LogP contribution in [0.4, 0.5) is 0 Å². The second-order valence-corrected chi connectivity index (χ2v) is 9.39. The van der Waals surface area contributed by atoms with Crippen LogP contribution in [0.3, 0.4) is 0 Å². The van der Waals surface area contributed by atoms with Crippen molar-refractivity contribution in [1.29, 1.82) is 0 Å². The minimum absolute atomic E-state index is 0.0236. The monoisotopic (exact) mass is 409 g/mol. The first-order valence-electron chi connectivity index (χ1n) is 11.7. The smallest absolute Gasteiger partial charge is 0.234 e. The van der Waals surface area contributed by atoms with Crippen LogP contribution in [0.2, 0.25) is 0 Å². The fraction of sp³-hybridized carbons (Fsp3) is 0.357. The van der Waals surface area contributed by atoms with E-state index in [1.165, 1.54) is 17.6 Å². The number of rotatable bonds is 3. The summed E-state index contributed by atoms with van der Waals surface area (Å²) >= 11 is 0. The lowest BCUT2D eigenvalue weighted by Gasteiger charge is -2.31. The van der Waals surface area contributed by atoms with Crippen LogP contribution in [0, 0.1) is 23.7 Å². The van der Waals surface area contributed by atoms with Crippen molar-refractivity contribution in [3.05, 3.63) is 89.5 Å². The average Bonchev–Trinajstić information content (AvgIpc) is 3.45. The highest BCUT2D eigenvalue weighted by atomic mass is 16.2. The number of carbonyl (C=O) groups is 2. The largest absolute Gasteiger partial charge is 0.279 e. The molecular weight excluding hydrogens is 382 g/mol. The molecule has 3 heteroatoms. The van der Waals surface area contributed by atoms with Gasteiger partial charge < -0.3 is 0 Å². The predicted molar refractivity (Wildman–Crippen MR) is 121 cm³/mol. The van der Waals surface area contributed by atoms with Crippen molar-refractivity contribution in [2.75, 3.05) is 0 Å². The Hall–Kier alpha value is -2.94. The Balaban J connectivity index is 1.45. The number of nitrogens with zero attached hydrogens (tertiary/aromatic N) is 1. The summed E-state index contributed by atoms with van der Waals surface area (Å²) in [6, 6.07) is 21.0. The van der Waals surface area contributed by atoms with Crippen molar-refractivity contribution in [1.82, 2.24) is 4.90 Å². The predicted octanol–water partition coefficient (Wildman–Crippen LogP) is 5.24. The van der Waals surface area contributed by atoms with Crippen molar-refractivity contribution in [2.24, 2.45) is 23.7 Å². The van der Waals surface area contributed by atoms with Crippen molar-refractivity contribution >= 4 is 17.4 Å². The molecule has 2 amide bonds. The molecular formula is C28H27NO2. The molecule has 6 rings (SSSR count). The van der Waals surface area contributed by atoms with E-state index < -0.39 is 0 Å². The molecule has 2 saturated carbocycles. The van der Waals surface area contributed by atoms with Crippen LogP contribution in [0.15, 0.2) is 78.4 Å². The number of imide groups is 1. The first-order valence-corrected chi connectivity index (χ1v) is 11.7. The molecule has 0 aromatic heterocycles.